The molecule has 0 aromatic carbocycles. The van der Waals surface area contributed by atoms with E-state index >= 15 is 0 Å². The second-order valence-electron chi connectivity index (χ2n) is 11.9. The first-order chi connectivity index (χ1) is 20.8. The van der Waals surface area contributed by atoms with E-state index in [1.807, 2.05) is 0 Å². The maximum absolute atomic E-state index is 12.7. The molecule has 2 saturated heterocycles. The predicted molar refractivity (Wildman–Crippen MR) is 150 cm³/mol. The SMILES string of the molecule is CN[C@@H]1[C@@H](O)[C@@H](O[C@@H]2[C@@H](O)[C@H](O[C@H]3O[C@H](CNCCCO)[C@@H](O)[C@H](O)[C@H]3O)[C@@H](N)C[C@H]2NC(=O)[C@@H](O)CCN)OC[C@]1(C)O. The van der Waals surface area contributed by atoms with Crippen LogP contribution in [0, 0.1) is 0 Å². The van der Waals surface area contributed by atoms with Gasteiger partial charge in [-0.15, -0.1) is 0 Å². The second-order valence-corrected chi connectivity index (χ2v) is 11.9. The molecule has 0 spiro atoms. The maximum Gasteiger partial charge on any atom is 0.249 e. The summed E-state index contributed by atoms with van der Waals surface area (Å²) in [6.45, 7) is 1.63. The molecule has 1 aliphatic carbocycles. The Morgan fingerprint density at radius 1 is 1.05 bits per heavy atom. The van der Waals surface area contributed by atoms with Crippen LogP contribution in [0.5, 0.6) is 0 Å². The van der Waals surface area contributed by atoms with E-state index in [4.69, 9.17) is 35.5 Å². The molecule has 18 nitrogen and oxygen atoms in total. The van der Waals surface area contributed by atoms with Gasteiger partial charge in [0.2, 0.25) is 5.91 Å². The number of hydrogen-bond acceptors (Lipinski definition) is 17. The number of amides is 1. The van der Waals surface area contributed by atoms with E-state index in [0.717, 1.165) is 0 Å². The van der Waals surface area contributed by atoms with Crippen molar-refractivity contribution in [2.24, 2.45) is 11.5 Å². The standard InChI is InChI=1S/C26H51N5O13/c1-26(40)10-41-24(19(38)22(26)29-2)44-21-12(31-23(39)13(33)4-5-27)8-11(28)20(18(21)37)43-25-17(36)16(35)15(34)14(42-25)9-30-6-3-7-32/h11-22,24-25,29-30,32-38,40H,3-10,27-28H2,1-2H3,(H,31,39)/t11-,12+,13-,14+,15+,16-,17+,18-,19+,20+,21-,22+,24+,25+,26-/m0/s1. The molecule has 15 atom stereocenters. The van der Waals surface area contributed by atoms with E-state index in [1.165, 1.54) is 14.0 Å². The van der Waals surface area contributed by atoms with E-state index in [2.05, 4.69) is 16.0 Å². The molecule has 18 heteroatoms. The Kier molecular flexibility index (Phi) is 14.1. The van der Waals surface area contributed by atoms with Gasteiger partial charge < -0.3 is 87.2 Å². The Morgan fingerprint density at radius 3 is 2.36 bits per heavy atom. The number of aliphatic hydroxyl groups excluding tert-OH is 7. The summed E-state index contributed by atoms with van der Waals surface area (Å²) in [6.07, 6.45) is -15.7. The Balaban J connectivity index is 1.81. The number of aliphatic hydroxyl groups is 8. The van der Waals surface area contributed by atoms with Gasteiger partial charge in [0.15, 0.2) is 12.6 Å². The monoisotopic (exact) mass is 641 g/mol. The van der Waals surface area contributed by atoms with Crippen LogP contribution in [0.2, 0.25) is 0 Å². The van der Waals surface area contributed by atoms with Crippen LogP contribution in [0.25, 0.3) is 0 Å². The highest BCUT2D eigenvalue weighted by molar-refractivity contribution is 5.80. The molecule has 3 fully saturated rings. The summed E-state index contributed by atoms with van der Waals surface area (Å²) in [5.74, 6) is -0.798. The Bertz CT molecular complexity index is 893. The van der Waals surface area contributed by atoms with Crippen molar-refractivity contribution < 1.29 is 64.6 Å². The van der Waals surface area contributed by atoms with Crippen LogP contribution in [0.3, 0.4) is 0 Å². The van der Waals surface area contributed by atoms with E-state index in [9.17, 15) is 40.5 Å². The number of likely N-dealkylation sites (N-methyl/N-ethyl adjacent to an activating group) is 1. The fourth-order valence-corrected chi connectivity index (χ4v) is 5.83. The highest BCUT2D eigenvalue weighted by atomic mass is 16.7. The van der Waals surface area contributed by atoms with E-state index in [-0.39, 0.29) is 39.1 Å². The lowest BCUT2D eigenvalue weighted by Crippen LogP contribution is -2.70. The molecule has 3 aliphatic rings. The Labute approximate surface area is 255 Å². The van der Waals surface area contributed by atoms with Crippen LogP contribution < -0.4 is 27.4 Å². The first kappa shape index (κ1) is 37.3. The first-order valence-corrected chi connectivity index (χ1v) is 14.9. The van der Waals surface area contributed by atoms with Crippen LogP contribution in [0.4, 0.5) is 0 Å². The zero-order valence-electron chi connectivity index (χ0n) is 25.0. The van der Waals surface area contributed by atoms with Gasteiger partial charge in [-0.1, -0.05) is 0 Å². The Hall–Kier alpha value is -1.17. The van der Waals surface area contributed by atoms with Gasteiger partial charge in [-0.25, -0.2) is 0 Å². The largest absolute Gasteiger partial charge is 0.396 e. The third kappa shape index (κ3) is 8.79. The van der Waals surface area contributed by atoms with E-state index in [0.29, 0.717) is 13.0 Å². The van der Waals surface area contributed by atoms with Crippen molar-refractivity contribution in [1.29, 1.82) is 0 Å². The number of ether oxygens (including phenoxy) is 4. The third-order valence-corrected chi connectivity index (χ3v) is 8.34. The quantitative estimate of drug-likeness (QED) is 0.0784. The van der Waals surface area contributed by atoms with Gasteiger partial charge in [0.05, 0.1) is 18.7 Å². The molecule has 2 aliphatic heterocycles. The molecule has 0 radical (unpaired) electrons. The van der Waals surface area contributed by atoms with Crippen LogP contribution >= 0.6 is 0 Å². The lowest BCUT2D eigenvalue weighted by molar-refractivity contribution is -0.330. The zero-order valence-corrected chi connectivity index (χ0v) is 25.0. The molecular formula is C26H51N5O13. The van der Waals surface area contributed by atoms with Gasteiger partial charge in [0.25, 0.3) is 0 Å². The molecule has 0 unspecified atom stereocenters. The molecule has 2 heterocycles. The molecule has 0 aromatic heterocycles. The highest BCUT2D eigenvalue weighted by Gasteiger charge is 2.53. The lowest BCUT2D eigenvalue weighted by Gasteiger charge is -2.49. The van der Waals surface area contributed by atoms with Crippen molar-refractivity contribution in [3.63, 3.8) is 0 Å². The molecule has 44 heavy (non-hydrogen) atoms. The number of carbonyl (C=O) groups is 1. The smallest absolute Gasteiger partial charge is 0.249 e. The van der Waals surface area contributed by atoms with Gasteiger partial charge in [0, 0.05) is 19.2 Å². The number of hydrogen-bond donors (Lipinski definition) is 13. The number of nitrogens with two attached hydrogens (primary N) is 2. The number of carbonyl (C=O) groups excluding carboxylic acids is 1. The van der Waals surface area contributed by atoms with Crippen molar-refractivity contribution in [3.8, 4) is 0 Å². The summed E-state index contributed by atoms with van der Waals surface area (Å²) in [5.41, 5.74) is 10.4. The van der Waals surface area contributed by atoms with Crippen LogP contribution in [-0.2, 0) is 23.7 Å². The summed E-state index contributed by atoms with van der Waals surface area (Å²) in [7, 11) is 1.53. The summed E-state index contributed by atoms with van der Waals surface area (Å²) < 4.78 is 23.2. The fourth-order valence-electron chi connectivity index (χ4n) is 5.83. The van der Waals surface area contributed by atoms with E-state index < -0.39 is 97.1 Å². The minimum Gasteiger partial charge on any atom is -0.396 e. The molecule has 1 saturated carbocycles. The minimum atomic E-state index is -1.73. The van der Waals surface area contributed by atoms with Crippen molar-refractivity contribution in [3.05, 3.63) is 0 Å². The lowest BCUT2D eigenvalue weighted by atomic mass is 9.83. The topological polar surface area (TPSA) is 304 Å². The van der Waals surface area contributed by atoms with Gasteiger partial charge in [-0.2, -0.15) is 0 Å². The van der Waals surface area contributed by atoms with Gasteiger partial charge in [-0.3, -0.25) is 4.79 Å². The van der Waals surface area contributed by atoms with Crippen LogP contribution in [-0.4, -0.2) is 178 Å². The molecular weight excluding hydrogens is 590 g/mol. The molecule has 0 bridgehead atoms. The molecule has 3 rings (SSSR count). The Morgan fingerprint density at radius 2 is 1.73 bits per heavy atom. The van der Waals surface area contributed by atoms with Gasteiger partial charge in [0.1, 0.15) is 60.5 Å². The second kappa shape index (κ2) is 16.6. The van der Waals surface area contributed by atoms with Crippen LogP contribution in [0.15, 0.2) is 0 Å². The van der Waals surface area contributed by atoms with Crippen molar-refractivity contribution in [2.75, 3.05) is 39.9 Å². The summed E-state index contributed by atoms with van der Waals surface area (Å²) in [5, 5.41) is 92.1. The highest BCUT2D eigenvalue weighted by Crippen LogP contribution is 2.32. The zero-order chi connectivity index (χ0) is 32.8. The third-order valence-electron chi connectivity index (χ3n) is 8.34. The molecule has 0 aromatic rings. The van der Waals surface area contributed by atoms with Crippen molar-refractivity contribution in [2.45, 2.75) is 117 Å². The summed E-state index contributed by atoms with van der Waals surface area (Å²) in [4.78, 5) is 12.7. The fraction of sp³-hybridized carbons (Fsp3) is 0.962. The van der Waals surface area contributed by atoms with Crippen molar-refractivity contribution in [1.82, 2.24) is 16.0 Å². The summed E-state index contributed by atoms with van der Waals surface area (Å²) in [6, 6.07) is -2.93. The van der Waals surface area contributed by atoms with Gasteiger partial charge in [-0.05, 0) is 46.3 Å². The van der Waals surface area contributed by atoms with Gasteiger partial charge >= 0.3 is 0 Å². The minimum absolute atomic E-state index is 0.0328. The number of nitrogens with one attached hydrogen (secondary N) is 3. The molecule has 1 amide bonds. The number of rotatable bonds is 14. The maximum atomic E-state index is 12.7. The predicted octanol–water partition coefficient (Wildman–Crippen LogP) is -7.12. The normalized spacial score (nSPS) is 43.9. The average Bonchev–Trinajstić information content (AvgIpc) is 2.97. The van der Waals surface area contributed by atoms with Crippen LogP contribution in [0.1, 0.15) is 26.2 Å². The summed E-state index contributed by atoms with van der Waals surface area (Å²) >= 11 is 0. The first-order valence-electron chi connectivity index (χ1n) is 14.9. The van der Waals surface area contributed by atoms with Crippen molar-refractivity contribution >= 4 is 5.91 Å². The average molecular weight is 642 g/mol. The molecule has 258 valence electrons. The van der Waals surface area contributed by atoms with E-state index in [1.54, 1.807) is 0 Å². The molecule has 15 N–H and O–H groups in total.